The summed E-state index contributed by atoms with van der Waals surface area (Å²) in [6.07, 6.45) is 0. The van der Waals surface area contributed by atoms with Crippen molar-refractivity contribution in [2.45, 2.75) is 24.7 Å². The van der Waals surface area contributed by atoms with Gasteiger partial charge in [-0.3, -0.25) is 0 Å². The molecule has 0 bridgehead atoms. The zero-order chi connectivity index (χ0) is 48.0. The normalized spacial score (nSPS) is 13.6. The third-order valence-corrected chi connectivity index (χ3v) is 15.9. The standard InChI is InChI=1S/C70H50N2/c1-69(2)61-32-18-15-29-56(61)57-44-43-55(45-63(57)69)71(53-39-35-48(36-40-53)47-21-7-3-8-22-47)54-41-37-49(38-42-54)60-46-64-67(68-66(60)59-31-17-20-34-65(59)72(68)52-27-13-6-14-28-52)58-30-16-19-33-62(58)70(64,50-23-9-4-10-24-50)51-25-11-5-12-26-51/h3-46H,1-2H3. The summed E-state index contributed by atoms with van der Waals surface area (Å²) < 4.78 is 2.53. The van der Waals surface area contributed by atoms with Crippen LogP contribution in [-0.2, 0) is 10.8 Å². The van der Waals surface area contributed by atoms with Gasteiger partial charge in [-0.2, -0.15) is 0 Å². The molecule has 0 aliphatic heterocycles. The van der Waals surface area contributed by atoms with Gasteiger partial charge in [-0.05, 0) is 133 Å². The van der Waals surface area contributed by atoms with E-state index in [1.54, 1.807) is 0 Å². The van der Waals surface area contributed by atoms with Crippen molar-refractivity contribution in [2.75, 3.05) is 4.90 Å². The van der Waals surface area contributed by atoms with E-state index in [4.69, 9.17) is 0 Å². The van der Waals surface area contributed by atoms with Gasteiger partial charge in [0, 0.05) is 44.5 Å². The lowest BCUT2D eigenvalue weighted by atomic mass is 9.67. The number of aromatic nitrogens is 1. The highest BCUT2D eigenvalue weighted by Gasteiger charge is 2.48. The van der Waals surface area contributed by atoms with Crippen molar-refractivity contribution in [2.24, 2.45) is 0 Å². The van der Waals surface area contributed by atoms with Crippen LogP contribution in [0.2, 0.25) is 0 Å². The van der Waals surface area contributed by atoms with Gasteiger partial charge in [0.05, 0.1) is 16.4 Å². The van der Waals surface area contributed by atoms with Crippen LogP contribution >= 0.6 is 0 Å². The number of fused-ring (bicyclic) bond motifs is 10. The van der Waals surface area contributed by atoms with Crippen LogP contribution in [0.25, 0.3) is 72.0 Å². The average Bonchev–Trinajstić information content (AvgIpc) is 4.04. The van der Waals surface area contributed by atoms with Crippen molar-refractivity contribution in [1.82, 2.24) is 4.57 Å². The zero-order valence-corrected chi connectivity index (χ0v) is 40.3. The monoisotopic (exact) mass is 918 g/mol. The lowest BCUT2D eigenvalue weighted by Crippen LogP contribution is -2.28. The van der Waals surface area contributed by atoms with E-state index in [1.165, 1.54) is 99.7 Å². The number of hydrogen-bond donors (Lipinski definition) is 0. The summed E-state index contributed by atoms with van der Waals surface area (Å²) in [6.45, 7) is 4.73. The quantitative estimate of drug-likeness (QED) is 0.147. The topological polar surface area (TPSA) is 8.17 Å². The van der Waals surface area contributed by atoms with Crippen molar-refractivity contribution in [3.05, 3.63) is 300 Å². The second kappa shape index (κ2) is 16.3. The first-order valence-corrected chi connectivity index (χ1v) is 25.2. The third-order valence-electron chi connectivity index (χ3n) is 15.9. The zero-order valence-electron chi connectivity index (χ0n) is 40.3. The fraction of sp³-hybridized carbons (Fsp3) is 0.0571. The second-order valence-corrected chi connectivity index (χ2v) is 20.0. The molecular weight excluding hydrogens is 869 g/mol. The number of anilines is 3. The van der Waals surface area contributed by atoms with E-state index in [0.29, 0.717) is 0 Å². The van der Waals surface area contributed by atoms with E-state index in [2.05, 4.69) is 290 Å². The molecule has 0 radical (unpaired) electrons. The Labute approximate surface area is 421 Å². The van der Waals surface area contributed by atoms with Crippen molar-refractivity contribution in [3.8, 4) is 50.2 Å². The predicted octanol–water partition coefficient (Wildman–Crippen LogP) is 18.3. The Hall–Kier alpha value is -8.98. The molecule has 0 unspecified atom stereocenters. The molecule has 12 aromatic rings. The van der Waals surface area contributed by atoms with E-state index in [9.17, 15) is 0 Å². The maximum Gasteiger partial charge on any atom is 0.0714 e. The molecular formula is C70H50N2. The van der Waals surface area contributed by atoms with E-state index < -0.39 is 5.41 Å². The molecule has 0 amide bonds. The summed E-state index contributed by atoms with van der Waals surface area (Å²) in [4.78, 5) is 2.43. The maximum absolute atomic E-state index is 2.55. The molecule has 0 N–H and O–H groups in total. The summed E-state index contributed by atoms with van der Waals surface area (Å²) in [5, 5.41) is 2.48. The number of rotatable bonds is 8. The molecule has 1 heterocycles. The summed E-state index contributed by atoms with van der Waals surface area (Å²) >= 11 is 0. The van der Waals surface area contributed by atoms with Crippen molar-refractivity contribution in [1.29, 1.82) is 0 Å². The molecule has 2 aliphatic carbocycles. The Balaban J connectivity index is 1.02. The first kappa shape index (κ1) is 41.9. The maximum atomic E-state index is 2.55. The van der Waals surface area contributed by atoms with Crippen molar-refractivity contribution >= 4 is 38.9 Å². The van der Waals surface area contributed by atoms with Crippen molar-refractivity contribution in [3.63, 3.8) is 0 Å². The van der Waals surface area contributed by atoms with E-state index in [1.807, 2.05) is 0 Å². The van der Waals surface area contributed by atoms with Gasteiger partial charge in [-0.1, -0.05) is 220 Å². The molecule has 340 valence electrons. The van der Waals surface area contributed by atoms with Crippen molar-refractivity contribution < 1.29 is 0 Å². The highest BCUT2D eigenvalue weighted by atomic mass is 15.1. The Morgan fingerprint density at radius 2 is 0.847 bits per heavy atom. The number of hydrogen-bond acceptors (Lipinski definition) is 1. The van der Waals surface area contributed by atoms with Crippen LogP contribution in [0.1, 0.15) is 47.2 Å². The first-order chi connectivity index (χ1) is 35.5. The van der Waals surface area contributed by atoms with Crippen LogP contribution in [0.4, 0.5) is 17.1 Å². The van der Waals surface area contributed by atoms with Gasteiger partial charge < -0.3 is 9.47 Å². The van der Waals surface area contributed by atoms with Crippen LogP contribution in [0.15, 0.2) is 267 Å². The fourth-order valence-corrected chi connectivity index (χ4v) is 12.6. The summed E-state index contributed by atoms with van der Waals surface area (Å²) in [6, 6.07) is 99.1. The van der Waals surface area contributed by atoms with Crippen LogP contribution in [0.3, 0.4) is 0 Å². The highest BCUT2D eigenvalue weighted by molar-refractivity contribution is 6.21. The Morgan fingerprint density at radius 1 is 0.347 bits per heavy atom. The molecule has 0 saturated heterocycles. The summed E-state index contributed by atoms with van der Waals surface area (Å²) in [5.41, 5.74) is 23.9. The molecule has 0 saturated carbocycles. The van der Waals surface area contributed by atoms with Gasteiger partial charge in [0.15, 0.2) is 0 Å². The van der Waals surface area contributed by atoms with Gasteiger partial charge in [0.1, 0.15) is 0 Å². The minimum absolute atomic E-state index is 0.138. The molecule has 0 atom stereocenters. The molecule has 1 aromatic heterocycles. The highest BCUT2D eigenvalue weighted by Crippen LogP contribution is 2.60. The predicted molar refractivity (Wildman–Crippen MR) is 301 cm³/mol. The van der Waals surface area contributed by atoms with Gasteiger partial charge in [-0.15, -0.1) is 0 Å². The van der Waals surface area contributed by atoms with Crippen LogP contribution in [0.5, 0.6) is 0 Å². The number of nitrogens with zero attached hydrogens (tertiary/aromatic N) is 2. The molecule has 72 heavy (non-hydrogen) atoms. The number of para-hydroxylation sites is 2. The molecule has 14 rings (SSSR count). The smallest absolute Gasteiger partial charge is 0.0714 e. The van der Waals surface area contributed by atoms with Crippen LogP contribution < -0.4 is 4.90 Å². The van der Waals surface area contributed by atoms with Gasteiger partial charge in [0.25, 0.3) is 0 Å². The minimum atomic E-state index is -0.584. The van der Waals surface area contributed by atoms with E-state index >= 15 is 0 Å². The molecule has 2 aliphatic rings. The van der Waals surface area contributed by atoms with E-state index in [-0.39, 0.29) is 5.41 Å². The molecule has 2 nitrogen and oxygen atoms in total. The lowest BCUT2D eigenvalue weighted by molar-refractivity contribution is 0.660. The molecule has 0 fully saturated rings. The lowest BCUT2D eigenvalue weighted by Gasteiger charge is -2.34. The molecule has 2 heteroatoms. The van der Waals surface area contributed by atoms with Gasteiger partial charge >= 0.3 is 0 Å². The first-order valence-electron chi connectivity index (χ1n) is 25.2. The largest absolute Gasteiger partial charge is 0.310 e. The minimum Gasteiger partial charge on any atom is -0.310 e. The number of benzene rings is 11. The van der Waals surface area contributed by atoms with Gasteiger partial charge in [0.2, 0.25) is 0 Å². The molecule has 11 aromatic carbocycles. The third kappa shape index (κ3) is 6.15. The molecule has 0 spiro atoms. The second-order valence-electron chi connectivity index (χ2n) is 20.0. The Morgan fingerprint density at radius 3 is 1.51 bits per heavy atom. The Kier molecular flexibility index (Phi) is 9.50. The van der Waals surface area contributed by atoms with E-state index in [0.717, 1.165) is 22.7 Å². The van der Waals surface area contributed by atoms with Crippen LogP contribution in [0, 0.1) is 0 Å². The summed E-state index contributed by atoms with van der Waals surface area (Å²) in [5.74, 6) is 0. The SMILES string of the molecule is CC1(C)c2ccccc2-c2ccc(N(c3ccc(-c4ccccc4)cc3)c3ccc(-c4cc5c(c6c4c4ccccc4n6-c4ccccc4)-c4ccccc4C5(c4ccccc4)c4ccccc4)cc3)cc21. The summed E-state index contributed by atoms with van der Waals surface area (Å²) in [7, 11) is 0. The fourth-order valence-electron chi connectivity index (χ4n) is 12.6. The van der Waals surface area contributed by atoms with Gasteiger partial charge in [-0.25, -0.2) is 0 Å². The van der Waals surface area contributed by atoms with Crippen LogP contribution in [-0.4, -0.2) is 4.57 Å². The average molecular weight is 919 g/mol. The Bertz CT molecular complexity index is 3980.